The molecule has 2 rings (SSSR count). The molecule has 0 aliphatic carbocycles. The summed E-state index contributed by atoms with van der Waals surface area (Å²) in [6, 6.07) is 5.39. The first kappa shape index (κ1) is 25.6. The van der Waals surface area contributed by atoms with Crippen molar-refractivity contribution in [1.29, 1.82) is 5.26 Å². The molecule has 11 nitrogen and oxygen atoms in total. The van der Waals surface area contributed by atoms with Crippen molar-refractivity contribution in [2.75, 3.05) is 50.9 Å². The van der Waals surface area contributed by atoms with E-state index in [-0.39, 0.29) is 32.9 Å². The molecule has 0 atom stereocenters. The molecule has 1 aromatic heterocycles. The van der Waals surface area contributed by atoms with E-state index in [1.165, 1.54) is 31.9 Å². The zero-order chi connectivity index (χ0) is 24.4. The molecular formula is C22H28N4O7. The van der Waals surface area contributed by atoms with E-state index in [2.05, 4.69) is 4.98 Å². The molecule has 1 fully saturated rings. The molecule has 0 N–H and O–H groups in total. The van der Waals surface area contributed by atoms with Gasteiger partial charge < -0.3 is 24.0 Å². The van der Waals surface area contributed by atoms with Crippen molar-refractivity contribution in [3.05, 3.63) is 23.9 Å². The fourth-order valence-corrected chi connectivity index (χ4v) is 3.39. The molecule has 33 heavy (non-hydrogen) atoms. The normalized spacial score (nSPS) is 13.6. The van der Waals surface area contributed by atoms with E-state index >= 15 is 0 Å². The molecule has 1 saturated heterocycles. The molecular weight excluding hydrogens is 432 g/mol. The highest BCUT2D eigenvalue weighted by molar-refractivity contribution is 6.20. The van der Waals surface area contributed by atoms with Crippen molar-refractivity contribution >= 4 is 29.6 Å². The van der Waals surface area contributed by atoms with Crippen molar-refractivity contribution < 1.29 is 33.4 Å². The zero-order valence-electron chi connectivity index (χ0n) is 19.0. The average molecular weight is 460 g/mol. The first-order valence-electron chi connectivity index (χ1n) is 10.7. The number of esters is 3. The van der Waals surface area contributed by atoms with Crippen molar-refractivity contribution in [3.8, 4) is 6.07 Å². The molecule has 2 heterocycles. The fraction of sp³-hybridized carbons (Fsp3) is 0.545. The van der Waals surface area contributed by atoms with Crippen LogP contribution in [0.15, 0.2) is 18.3 Å². The van der Waals surface area contributed by atoms with Gasteiger partial charge in [0.25, 0.3) is 5.41 Å². The average Bonchev–Trinajstić information content (AvgIpc) is 2.83. The lowest BCUT2D eigenvalue weighted by molar-refractivity contribution is -0.186. The van der Waals surface area contributed by atoms with Crippen LogP contribution < -0.4 is 4.90 Å². The number of rotatable bonds is 9. The van der Waals surface area contributed by atoms with E-state index in [0.29, 0.717) is 24.5 Å². The molecule has 0 bridgehead atoms. The Labute approximate surface area is 192 Å². The van der Waals surface area contributed by atoms with Gasteiger partial charge in [0.05, 0.1) is 31.8 Å². The Balaban J connectivity index is 2.19. The van der Waals surface area contributed by atoms with Crippen LogP contribution in [0.2, 0.25) is 0 Å². The molecule has 11 heteroatoms. The number of hydrogen-bond acceptors (Lipinski definition) is 10. The Hall–Kier alpha value is -3.68. The highest BCUT2D eigenvalue weighted by Crippen LogP contribution is 2.30. The van der Waals surface area contributed by atoms with Gasteiger partial charge in [-0.05, 0) is 32.9 Å². The number of hydrogen-bond donors (Lipinski definition) is 0. The summed E-state index contributed by atoms with van der Waals surface area (Å²) in [6.45, 7) is 5.74. The summed E-state index contributed by atoms with van der Waals surface area (Å²) < 4.78 is 14.9. The van der Waals surface area contributed by atoms with Crippen LogP contribution in [0.3, 0.4) is 0 Å². The highest BCUT2D eigenvalue weighted by Gasteiger charge is 2.59. The van der Waals surface area contributed by atoms with Gasteiger partial charge in [-0.25, -0.2) is 4.98 Å². The van der Waals surface area contributed by atoms with E-state index < -0.39 is 35.7 Å². The minimum absolute atomic E-state index is 0.0934. The third-order valence-corrected chi connectivity index (χ3v) is 5.12. The molecule has 178 valence electrons. The monoisotopic (exact) mass is 460 g/mol. The van der Waals surface area contributed by atoms with Gasteiger partial charge in [0.2, 0.25) is 5.91 Å². The molecule has 0 radical (unpaired) electrons. The first-order chi connectivity index (χ1) is 15.8. The van der Waals surface area contributed by atoms with Crippen LogP contribution >= 0.6 is 0 Å². The van der Waals surface area contributed by atoms with Crippen LogP contribution in [0, 0.1) is 16.7 Å². The van der Waals surface area contributed by atoms with Crippen molar-refractivity contribution in [2.45, 2.75) is 27.2 Å². The summed E-state index contributed by atoms with van der Waals surface area (Å²) in [4.78, 5) is 59.1. The SMILES string of the molecule is CCOC(=O)C(CC(=O)N1CCN(c2ccc(C#N)cn2)CC1)(C(=O)OCC)C(=O)OCC. The minimum Gasteiger partial charge on any atom is -0.465 e. The summed E-state index contributed by atoms with van der Waals surface area (Å²) in [5.41, 5.74) is -2.08. The lowest BCUT2D eigenvalue weighted by atomic mass is 9.83. The molecule has 0 saturated carbocycles. The number of anilines is 1. The third-order valence-electron chi connectivity index (χ3n) is 5.12. The number of aromatic nitrogens is 1. The maximum Gasteiger partial charge on any atom is 0.335 e. The maximum atomic E-state index is 13.1. The Morgan fingerprint density at radius 2 is 1.45 bits per heavy atom. The second-order valence-corrected chi connectivity index (χ2v) is 7.13. The topological polar surface area (TPSA) is 139 Å². The summed E-state index contributed by atoms with van der Waals surface area (Å²) in [5.74, 6) is -3.42. The lowest BCUT2D eigenvalue weighted by Crippen LogP contribution is -2.55. The van der Waals surface area contributed by atoms with E-state index in [1.54, 1.807) is 12.1 Å². The number of nitriles is 1. The fourth-order valence-electron chi connectivity index (χ4n) is 3.39. The second kappa shape index (κ2) is 11.8. The van der Waals surface area contributed by atoms with E-state index in [0.717, 1.165) is 0 Å². The number of pyridine rings is 1. The Bertz CT molecular complexity index is 857. The number of piperazine rings is 1. The van der Waals surface area contributed by atoms with E-state index in [1.807, 2.05) is 11.0 Å². The van der Waals surface area contributed by atoms with Gasteiger partial charge in [0.15, 0.2) is 0 Å². The number of carbonyl (C=O) groups is 4. The van der Waals surface area contributed by atoms with E-state index in [4.69, 9.17) is 19.5 Å². The number of amides is 1. The predicted octanol–water partition coefficient (Wildman–Crippen LogP) is 0.668. The van der Waals surface area contributed by atoms with Gasteiger partial charge in [-0.3, -0.25) is 19.2 Å². The Kier molecular flexibility index (Phi) is 9.15. The van der Waals surface area contributed by atoms with Crippen LogP contribution in [-0.4, -0.2) is 79.7 Å². The lowest BCUT2D eigenvalue weighted by Gasteiger charge is -2.36. The smallest absolute Gasteiger partial charge is 0.335 e. The zero-order valence-corrected chi connectivity index (χ0v) is 19.0. The molecule has 1 aliphatic rings. The molecule has 0 spiro atoms. The van der Waals surface area contributed by atoms with Crippen LogP contribution in [0.5, 0.6) is 0 Å². The van der Waals surface area contributed by atoms with Gasteiger partial charge >= 0.3 is 17.9 Å². The first-order valence-corrected chi connectivity index (χ1v) is 10.7. The molecule has 0 aromatic carbocycles. The summed E-state index contributed by atoms with van der Waals surface area (Å²) in [5, 5.41) is 8.90. The molecule has 0 unspecified atom stereocenters. The van der Waals surface area contributed by atoms with Gasteiger partial charge in [-0.15, -0.1) is 0 Å². The molecule has 1 aliphatic heterocycles. The van der Waals surface area contributed by atoms with Gasteiger partial charge in [-0.2, -0.15) is 5.26 Å². The quantitative estimate of drug-likeness (QED) is 0.293. The summed E-state index contributed by atoms with van der Waals surface area (Å²) >= 11 is 0. The summed E-state index contributed by atoms with van der Waals surface area (Å²) in [6.07, 6.45) is 0.720. The highest BCUT2D eigenvalue weighted by atomic mass is 16.6. The van der Waals surface area contributed by atoms with Gasteiger partial charge in [0, 0.05) is 32.4 Å². The summed E-state index contributed by atoms with van der Waals surface area (Å²) in [7, 11) is 0. The third kappa shape index (κ3) is 5.77. The second-order valence-electron chi connectivity index (χ2n) is 7.13. The Morgan fingerprint density at radius 3 is 1.85 bits per heavy atom. The van der Waals surface area contributed by atoms with Crippen LogP contribution in [0.1, 0.15) is 32.8 Å². The Morgan fingerprint density at radius 1 is 0.939 bits per heavy atom. The standard InChI is InChI=1S/C22H28N4O7/c1-4-31-19(28)22(20(29)32-5-2,21(30)33-6-3)13-18(27)26-11-9-25(10-12-26)17-8-7-16(14-23)15-24-17/h7-8,15H,4-6,9-13H2,1-3H3. The van der Waals surface area contributed by atoms with Gasteiger partial charge in [0.1, 0.15) is 11.9 Å². The van der Waals surface area contributed by atoms with Crippen LogP contribution in [0.25, 0.3) is 0 Å². The molecule has 1 aromatic rings. The maximum absolute atomic E-state index is 13.1. The largest absolute Gasteiger partial charge is 0.465 e. The van der Waals surface area contributed by atoms with Crippen molar-refractivity contribution in [3.63, 3.8) is 0 Å². The molecule has 1 amide bonds. The van der Waals surface area contributed by atoms with E-state index in [9.17, 15) is 19.2 Å². The van der Waals surface area contributed by atoms with Gasteiger partial charge in [-0.1, -0.05) is 0 Å². The van der Waals surface area contributed by atoms with Crippen molar-refractivity contribution in [1.82, 2.24) is 9.88 Å². The number of nitrogens with zero attached hydrogens (tertiary/aromatic N) is 4. The van der Waals surface area contributed by atoms with Crippen LogP contribution in [-0.2, 0) is 33.4 Å². The minimum atomic E-state index is -2.52. The van der Waals surface area contributed by atoms with Crippen molar-refractivity contribution in [2.24, 2.45) is 5.41 Å². The predicted molar refractivity (Wildman–Crippen MR) is 115 cm³/mol. The number of carbonyl (C=O) groups excluding carboxylic acids is 4. The number of ether oxygens (including phenoxy) is 3. The van der Waals surface area contributed by atoms with Crippen LogP contribution in [0.4, 0.5) is 5.82 Å².